The molecule has 5 unspecified atom stereocenters. The Morgan fingerprint density at radius 2 is 1.60 bits per heavy atom. The van der Waals surface area contributed by atoms with E-state index in [0.29, 0.717) is 17.7 Å². The quantitative estimate of drug-likeness (QED) is 0.0610. The van der Waals surface area contributed by atoms with Gasteiger partial charge >= 0.3 is 5.97 Å². The van der Waals surface area contributed by atoms with E-state index in [-0.39, 0.29) is 49.9 Å². The number of rotatable bonds is 17. The number of amides is 3. The number of benzene rings is 1. The molecule has 1 heterocycles. The van der Waals surface area contributed by atoms with E-state index < -0.39 is 47.9 Å². The van der Waals surface area contributed by atoms with Gasteiger partial charge in [0, 0.05) is 31.3 Å². The van der Waals surface area contributed by atoms with Crippen molar-refractivity contribution in [1.82, 2.24) is 25.9 Å². The summed E-state index contributed by atoms with van der Waals surface area (Å²) in [6, 6.07) is 1.60. The molecule has 15 heteroatoms. The monoisotopic (exact) mass is 587 g/mol. The minimum Gasteiger partial charge on any atom is -0.508 e. The summed E-state index contributed by atoms with van der Waals surface area (Å²) < 4.78 is 0. The summed E-state index contributed by atoms with van der Waals surface area (Å²) in [5.41, 5.74) is 18.0. The first kappa shape index (κ1) is 33.5. The van der Waals surface area contributed by atoms with Crippen molar-refractivity contribution in [1.29, 1.82) is 0 Å². The summed E-state index contributed by atoms with van der Waals surface area (Å²) in [5.74, 6) is -3.51. The zero-order valence-electron chi connectivity index (χ0n) is 23.7. The Morgan fingerprint density at radius 1 is 0.976 bits per heavy atom. The summed E-state index contributed by atoms with van der Waals surface area (Å²) in [7, 11) is 0. The lowest BCUT2D eigenvalue weighted by Crippen LogP contribution is -2.58. The number of nitrogens with two attached hydrogens (primary N) is 3. The molecule has 12 N–H and O–H groups in total. The Bertz CT molecular complexity index is 1200. The van der Waals surface area contributed by atoms with Gasteiger partial charge in [-0.05, 0) is 36.5 Å². The van der Waals surface area contributed by atoms with Crippen molar-refractivity contribution in [3.8, 4) is 5.75 Å². The number of nitrogens with zero attached hydrogens (tertiary/aromatic N) is 2. The number of guanidine groups is 1. The number of aromatic hydroxyl groups is 1. The first-order chi connectivity index (χ1) is 19.9. The lowest BCUT2D eigenvalue weighted by atomic mass is 9.98. The van der Waals surface area contributed by atoms with E-state index in [9.17, 15) is 29.4 Å². The van der Waals surface area contributed by atoms with Crippen molar-refractivity contribution < 1.29 is 29.4 Å². The molecule has 0 fully saturated rings. The molecule has 0 saturated heterocycles. The predicted molar refractivity (Wildman–Crippen MR) is 155 cm³/mol. The van der Waals surface area contributed by atoms with Crippen LogP contribution in [0.3, 0.4) is 0 Å². The Balaban J connectivity index is 2.27. The van der Waals surface area contributed by atoms with E-state index in [1.165, 1.54) is 24.7 Å². The molecule has 2 rings (SSSR count). The van der Waals surface area contributed by atoms with E-state index >= 15 is 0 Å². The molecular weight excluding hydrogens is 546 g/mol. The normalized spacial score (nSPS) is 14.5. The van der Waals surface area contributed by atoms with Crippen LogP contribution in [-0.2, 0) is 32.0 Å². The Morgan fingerprint density at radius 3 is 2.17 bits per heavy atom. The molecule has 1 aromatic heterocycles. The molecule has 0 aliphatic rings. The number of carbonyl (C=O) groups excluding carboxylic acids is 3. The summed E-state index contributed by atoms with van der Waals surface area (Å²) >= 11 is 0. The second-order valence-electron chi connectivity index (χ2n) is 10.0. The van der Waals surface area contributed by atoms with Gasteiger partial charge in [-0.15, -0.1) is 0 Å². The average molecular weight is 588 g/mol. The van der Waals surface area contributed by atoms with Gasteiger partial charge in [-0.2, -0.15) is 0 Å². The molecule has 2 aromatic rings. The number of nitrogens with one attached hydrogen (secondary N) is 4. The second-order valence-corrected chi connectivity index (χ2v) is 10.0. The summed E-state index contributed by atoms with van der Waals surface area (Å²) in [6.07, 6.45) is 3.79. The molecule has 15 nitrogen and oxygen atoms in total. The van der Waals surface area contributed by atoms with Crippen LogP contribution in [0.1, 0.15) is 44.4 Å². The lowest BCUT2D eigenvalue weighted by molar-refractivity contribution is -0.142. The van der Waals surface area contributed by atoms with Crippen LogP contribution in [0.15, 0.2) is 41.8 Å². The van der Waals surface area contributed by atoms with Crippen LogP contribution in [0.5, 0.6) is 5.75 Å². The number of aromatic nitrogens is 2. The molecule has 1 aromatic carbocycles. The fraction of sp³-hybridized carbons (Fsp3) is 0.481. The molecular formula is C27H41N9O6. The van der Waals surface area contributed by atoms with Gasteiger partial charge < -0.3 is 48.3 Å². The molecule has 0 aliphatic heterocycles. The van der Waals surface area contributed by atoms with Crippen molar-refractivity contribution >= 4 is 29.7 Å². The third-order valence-electron chi connectivity index (χ3n) is 6.74. The van der Waals surface area contributed by atoms with Gasteiger partial charge in [0.15, 0.2) is 5.96 Å². The average Bonchev–Trinajstić information content (AvgIpc) is 3.47. The molecule has 0 saturated carbocycles. The fourth-order valence-electron chi connectivity index (χ4n) is 3.99. The maximum atomic E-state index is 13.6. The van der Waals surface area contributed by atoms with Crippen LogP contribution in [0, 0.1) is 5.92 Å². The van der Waals surface area contributed by atoms with E-state index in [2.05, 4.69) is 30.9 Å². The number of aliphatic carboxylic acids is 1. The van der Waals surface area contributed by atoms with Gasteiger partial charge in [-0.3, -0.25) is 19.4 Å². The Hall–Kier alpha value is -4.66. The largest absolute Gasteiger partial charge is 0.508 e. The lowest BCUT2D eigenvalue weighted by Gasteiger charge is -2.26. The topological polar surface area (TPSA) is 264 Å². The highest BCUT2D eigenvalue weighted by Gasteiger charge is 2.31. The smallest absolute Gasteiger partial charge is 0.326 e. The number of phenolic OH excluding ortho intramolecular Hbond substituents is 1. The number of phenols is 1. The standard InChI is InChI=1S/C27H41N9O6/c1-3-15(2)22(28)25(40)35-20(11-16-6-8-18(37)9-7-16)24(39)34-19(5-4-10-32-27(29)30)23(38)36-21(26(41)42)12-17-13-31-14-33-17/h6-9,13-15,19-22,37H,3-5,10-12,28H2,1-2H3,(H,31,33)(H,34,39)(H,35,40)(H,36,38)(H,41,42)(H4,29,30,32). The molecule has 0 bridgehead atoms. The van der Waals surface area contributed by atoms with Crippen LogP contribution < -0.4 is 33.2 Å². The Kier molecular flexibility index (Phi) is 13.2. The van der Waals surface area contributed by atoms with Gasteiger partial charge in [0.25, 0.3) is 0 Å². The fourth-order valence-corrected chi connectivity index (χ4v) is 3.99. The maximum Gasteiger partial charge on any atom is 0.326 e. The molecule has 0 radical (unpaired) electrons. The van der Waals surface area contributed by atoms with Gasteiger partial charge in [0.05, 0.1) is 12.4 Å². The summed E-state index contributed by atoms with van der Waals surface area (Å²) in [5, 5.41) is 27.1. The summed E-state index contributed by atoms with van der Waals surface area (Å²) in [6.45, 7) is 3.87. The number of carbonyl (C=O) groups is 4. The number of hydrogen-bond acceptors (Lipinski definition) is 8. The molecule has 0 aliphatic carbocycles. The van der Waals surface area contributed by atoms with Crippen LogP contribution in [0.4, 0.5) is 0 Å². The van der Waals surface area contributed by atoms with E-state index in [4.69, 9.17) is 17.2 Å². The van der Waals surface area contributed by atoms with Crippen LogP contribution in [0.2, 0.25) is 0 Å². The van der Waals surface area contributed by atoms with Crippen LogP contribution in [-0.4, -0.2) is 80.5 Å². The maximum absolute atomic E-state index is 13.6. The van der Waals surface area contributed by atoms with Gasteiger partial charge in [-0.25, -0.2) is 9.78 Å². The third kappa shape index (κ3) is 11.1. The highest BCUT2D eigenvalue weighted by atomic mass is 16.4. The Labute approximate surface area is 243 Å². The third-order valence-corrected chi connectivity index (χ3v) is 6.74. The SMILES string of the molecule is CCC(C)C(N)C(=O)NC(Cc1ccc(O)cc1)C(=O)NC(CCCN=C(N)N)C(=O)NC(Cc1cnc[nH]1)C(=O)O. The van der Waals surface area contributed by atoms with Gasteiger partial charge in [0.2, 0.25) is 17.7 Å². The minimum absolute atomic E-state index is 0.0307. The minimum atomic E-state index is -1.31. The highest BCUT2D eigenvalue weighted by Crippen LogP contribution is 2.13. The number of aromatic amines is 1. The number of aliphatic imine (C=N–C) groups is 1. The number of hydrogen-bond donors (Lipinski definition) is 9. The van der Waals surface area contributed by atoms with Crippen molar-refractivity contribution in [2.45, 2.75) is 70.1 Å². The molecule has 230 valence electrons. The van der Waals surface area contributed by atoms with Crippen molar-refractivity contribution in [3.05, 3.63) is 48.0 Å². The van der Waals surface area contributed by atoms with Crippen molar-refractivity contribution in [3.63, 3.8) is 0 Å². The summed E-state index contributed by atoms with van der Waals surface area (Å²) in [4.78, 5) is 62.2. The van der Waals surface area contributed by atoms with Crippen molar-refractivity contribution in [2.24, 2.45) is 28.1 Å². The zero-order chi connectivity index (χ0) is 31.2. The number of carboxylic acids is 1. The van der Waals surface area contributed by atoms with E-state index in [1.807, 2.05) is 13.8 Å². The first-order valence-electron chi connectivity index (χ1n) is 13.6. The second kappa shape index (κ2) is 16.6. The zero-order valence-corrected chi connectivity index (χ0v) is 23.7. The molecule has 5 atom stereocenters. The predicted octanol–water partition coefficient (Wildman–Crippen LogP) is -1.13. The number of H-pyrrole nitrogens is 1. The van der Waals surface area contributed by atoms with Gasteiger partial charge in [0.1, 0.15) is 23.9 Å². The van der Waals surface area contributed by atoms with Crippen LogP contribution >= 0.6 is 0 Å². The number of carboxylic acid groups (broad SMARTS) is 1. The number of imidazole rings is 1. The molecule has 3 amide bonds. The van der Waals surface area contributed by atoms with Crippen molar-refractivity contribution in [2.75, 3.05) is 6.54 Å². The molecule has 42 heavy (non-hydrogen) atoms. The van der Waals surface area contributed by atoms with E-state index in [1.54, 1.807) is 12.1 Å². The van der Waals surface area contributed by atoms with Crippen LogP contribution in [0.25, 0.3) is 0 Å². The molecule has 0 spiro atoms. The highest BCUT2D eigenvalue weighted by molar-refractivity contribution is 5.94. The first-order valence-corrected chi connectivity index (χ1v) is 13.6. The van der Waals surface area contributed by atoms with E-state index in [0.717, 1.165) is 0 Å². The van der Waals surface area contributed by atoms with Gasteiger partial charge in [-0.1, -0.05) is 32.4 Å².